The SMILES string of the molecule is COc1ccccc1CN1CCN(c2nc3ccccc3c3nnc(-c4ccco4)n23)CC1C. The van der Waals surface area contributed by atoms with E-state index in [0.717, 1.165) is 54.4 Å². The molecule has 0 amide bonds. The van der Waals surface area contributed by atoms with Crippen molar-refractivity contribution >= 4 is 22.5 Å². The number of benzene rings is 2. The van der Waals surface area contributed by atoms with Gasteiger partial charge in [-0.2, -0.15) is 0 Å². The lowest BCUT2D eigenvalue weighted by atomic mass is 10.1. The quantitative estimate of drug-likeness (QED) is 0.393. The average Bonchev–Trinajstić information content (AvgIpc) is 3.55. The van der Waals surface area contributed by atoms with Gasteiger partial charge in [0.15, 0.2) is 11.4 Å². The highest BCUT2D eigenvalue weighted by Gasteiger charge is 2.28. The average molecular weight is 455 g/mol. The smallest absolute Gasteiger partial charge is 0.213 e. The van der Waals surface area contributed by atoms with Gasteiger partial charge in [0.05, 0.1) is 18.9 Å². The van der Waals surface area contributed by atoms with Crippen molar-refractivity contribution in [3.63, 3.8) is 0 Å². The normalized spacial score (nSPS) is 17.0. The first kappa shape index (κ1) is 20.7. The summed E-state index contributed by atoms with van der Waals surface area (Å²) in [6.45, 7) is 5.71. The fourth-order valence-corrected chi connectivity index (χ4v) is 4.81. The number of para-hydroxylation sites is 2. The molecule has 5 aromatic rings. The van der Waals surface area contributed by atoms with Crippen molar-refractivity contribution in [2.45, 2.75) is 19.5 Å². The fraction of sp³-hybridized carbons (Fsp3) is 0.269. The first-order chi connectivity index (χ1) is 16.7. The van der Waals surface area contributed by atoms with Gasteiger partial charge in [0.1, 0.15) is 5.75 Å². The van der Waals surface area contributed by atoms with Crippen LogP contribution >= 0.6 is 0 Å². The largest absolute Gasteiger partial charge is 0.496 e. The van der Waals surface area contributed by atoms with Crippen LogP contribution in [0.5, 0.6) is 5.75 Å². The molecule has 1 aliphatic heterocycles. The Bertz CT molecular complexity index is 1440. The van der Waals surface area contributed by atoms with Gasteiger partial charge in [-0.15, -0.1) is 10.2 Å². The molecule has 1 fully saturated rings. The Kier molecular flexibility index (Phi) is 5.15. The molecule has 0 spiro atoms. The second-order valence-electron chi connectivity index (χ2n) is 8.67. The summed E-state index contributed by atoms with van der Waals surface area (Å²) >= 11 is 0. The molecule has 172 valence electrons. The van der Waals surface area contributed by atoms with Crippen molar-refractivity contribution < 1.29 is 9.15 Å². The first-order valence-electron chi connectivity index (χ1n) is 11.5. The van der Waals surface area contributed by atoms with E-state index in [9.17, 15) is 0 Å². The molecule has 1 aliphatic rings. The summed E-state index contributed by atoms with van der Waals surface area (Å²) in [7, 11) is 1.73. The van der Waals surface area contributed by atoms with Crippen LogP contribution in [0.3, 0.4) is 0 Å². The molecule has 8 heteroatoms. The Morgan fingerprint density at radius 2 is 1.85 bits per heavy atom. The van der Waals surface area contributed by atoms with Gasteiger partial charge in [-0.1, -0.05) is 30.3 Å². The van der Waals surface area contributed by atoms with Crippen LogP contribution in [0.2, 0.25) is 0 Å². The minimum absolute atomic E-state index is 0.325. The molecular weight excluding hydrogens is 428 g/mol. The molecular formula is C26H26N6O2. The van der Waals surface area contributed by atoms with E-state index in [0.29, 0.717) is 17.6 Å². The van der Waals surface area contributed by atoms with Crippen molar-refractivity contribution in [1.29, 1.82) is 0 Å². The molecule has 0 N–H and O–H groups in total. The van der Waals surface area contributed by atoms with Crippen molar-refractivity contribution in [2.24, 2.45) is 0 Å². The molecule has 2 aromatic carbocycles. The van der Waals surface area contributed by atoms with Crippen LogP contribution in [0.15, 0.2) is 71.3 Å². The number of aromatic nitrogens is 4. The second kappa shape index (κ2) is 8.46. The van der Waals surface area contributed by atoms with Crippen LogP contribution in [-0.2, 0) is 6.54 Å². The number of rotatable bonds is 5. The molecule has 0 radical (unpaired) electrons. The van der Waals surface area contributed by atoms with Gasteiger partial charge in [0.2, 0.25) is 11.8 Å². The van der Waals surface area contributed by atoms with E-state index in [1.54, 1.807) is 13.4 Å². The number of anilines is 1. The monoisotopic (exact) mass is 454 g/mol. The third-order valence-corrected chi connectivity index (χ3v) is 6.58. The van der Waals surface area contributed by atoms with E-state index >= 15 is 0 Å². The maximum Gasteiger partial charge on any atom is 0.213 e. The predicted molar refractivity (Wildman–Crippen MR) is 131 cm³/mol. The summed E-state index contributed by atoms with van der Waals surface area (Å²) in [5.41, 5.74) is 2.90. The topological polar surface area (TPSA) is 71.9 Å². The summed E-state index contributed by atoms with van der Waals surface area (Å²) in [4.78, 5) is 9.89. The van der Waals surface area contributed by atoms with E-state index in [1.807, 2.05) is 52.9 Å². The summed E-state index contributed by atoms with van der Waals surface area (Å²) in [5, 5.41) is 9.98. The number of methoxy groups -OCH3 is 1. The lowest BCUT2D eigenvalue weighted by molar-refractivity contribution is 0.178. The zero-order chi connectivity index (χ0) is 23.1. The zero-order valence-corrected chi connectivity index (χ0v) is 19.3. The Balaban J connectivity index is 1.37. The zero-order valence-electron chi connectivity index (χ0n) is 19.3. The van der Waals surface area contributed by atoms with Crippen molar-refractivity contribution in [3.8, 4) is 17.3 Å². The molecule has 0 saturated carbocycles. The Hall–Kier alpha value is -3.91. The van der Waals surface area contributed by atoms with Crippen LogP contribution in [0, 0.1) is 0 Å². The van der Waals surface area contributed by atoms with Gasteiger partial charge in [-0.25, -0.2) is 9.38 Å². The standard InChI is InChI=1S/C26H26N6O2/c1-18-16-31(14-13-30(18)17-19-8-3-6-11-22(19)33-2)26-27-21-10-5-4-9-20(21)24-28-29-25(32(24)26)23-12-7-15-34-23/h3-12,15,18H,13-14,16-17H2,1-2H3. The predicted octanol–water partition coefficient (Wildman–Crippen LogP) is 4.26. The van der Waals surface area contributed by atoms with Gasteiger partial charge >= 0.3 is 0 Å². The lowest BCUT2D eigenvalue weighted by Gasteiger charge is -2.40. The third-order valence-electron chi connectivity index (χ3n) is 6.58. The minimum Gasteiger partial charge on any atom is -0.496 e. The number of furan rings is 1. The summed E-state index contributed by atoms with van der Waals surface area (Å²) in [6.07, 6.45) is 1.66. The van der Waals surface area contributed by atoms with E-state index in [2.05, 4.69) is 39.1 Å². The summed E-state index contributed by atoms with van der Waals surface area (Å²) < 4.78 is 13.3. The number of piperazine rings is 1. The molecule has 1 saturated heterocycles. The molecule has 4 heterocycles. The third kappa shape index (κ3) is 3.47. The van der Waals surface area contributed by atoms with Crippen LogP contribution < -0.4 is 9.64 Å². The van der Waals surface area contributed by atoms with Gasteiger partial charge in [-0.05, 0) is 37.3 Å². The highest BCUT2D eigenvalue weighted by molar-refractivity contribution is 5.93. The molecule has 0 bridgehead atoms. The minimum atomic E-state index is 0.325. The van der Waals surface area contributed by atoms with Crippen LogP contribution in [-0.4, -0.2) is 57.3 Å². The number of fused-ring (bicyclic) bond motifs is 3. The van der Waals surface area contributed by atoms with Crippen LogP contribution in [0.25, 0.3) is 28.1 Å². The highest BCUT2D eigenvalue weighted by Crippen LogP contribution is 2.30. The number of hydrogen-bond donors (Lipinski definition) is 0. The number of hydrogen-bond acceptors (Lipinski definition) is 7. The molecule has 1 atom stereocenters. The van der Waals surface area contributed by atoms with E-state index in [1.165, 1.54) is 5.56 Å². The Labute approximate surface area is 197 Å². The van der Waals surface area contributed by atoms with Gasteiger partial charge < -0.3 is 14.1 Å². The van der Waals surface area contributed by atoms with Gasteiger partial charge in [0.25, 0.3) is 0 Å². The van der Waals surface area contributed by atoms with E-state index in [-0.39, 0.29) is 0 Å². The van der Waals surface area contributed by atoms with Crippen LogP contribution in [0.4, 0.5) is 5.95 Å². The molecule has 0 aliphatic carbocycles. The van der Waals surface area contributed by atoms with Crippen molar-refractivity contribution in [2.75, 3.05) is 31.6 Å². The lowest BCUT2D eigenvalue weighted by Crippen LogP contribution is -2.52. The van der Waals surface area contributed by atoms with E-state index in [4.69, 9.17) is 14.1 Å². The van der Waals surface area contributed by atoms with Crippen LogP contribution in [0.1, 0.15) is 12.5 Å². The fourth-order valence-electron chi connectivity index (χ4n) is 4.81. The summed E-state index contributed by atoms with van der Waals surface area (Å²) in [5.74, 6) is 3.11. The first-order valence-corrected chi connectivity index (χ1v) is 11.5. The maximum atomic E-state index is 5.68. The molecule has 3 aromatic heterocycles. The molecule has 8 nitrogen and oxygen atoms in total. The maximum absolute atomic E-state index is 5.68. The highest BCUT2D eigenvalue weighted by atomic mass is 16.5. The van der Waals surface area contributed by atoms with Gasteiger partial charge in [0, 0.05) is 43.2 Å². The van der Waals surface area contributed by atoms with Gasteiger partial charge in [-0.3, -0.25) is 4.90 Å². The van der Waals surface area contributed by atoms with E-state index < -0.39 is 0 Å². The molecule has 34 heavy (non-hydrogen) atoms. The second-order valence-corrected chi connectivity index (χ2v) is 8.67. The Morgan fingerprint density at radius 3 is 2.68 bits per heavy atom. The number of nitrogens with zero attached hydrogens (tertiary/aromatic N) is 6. The number of ether oxygens (including phenoxy) is 1. The summed E-state index contributed by atoms with van der Waals surface area (Å²) in [6, 6.07) is 20.4. The Morgan fingerprint density at radius 1 is 1.00 bits per heavy atom. The van der Waals surface area contributed by atoms with Crippen molar-refractivity contribution in [1.82, 2.24) is 24.5 Å². The molecule has 1 unspecified atom stereocenters. The van der Waals surface area contributed by atoms with Crippen molar-refractivity contribution in [3.05, 3.63) is 72.5 Å². The molecule has 6 rings (SSSR count).